The van der Waals surface area contributed by atoms with Gasteiger partial charge in [-0.05, 0) is 31.7 Å². The quantitative estimate of drug-likeness (QED) is 0.745. The summed E-state index contributed by atoms with van der Waals surface area (Å²) in [4.78, 5) is 40.5. The van der Waals surface area contributed by atoms with Gasteiger partial charge in [-0.25, -0.2) is 0 Å². The number of anilines is 1. The summed E-state index contributed by atoms with van der Waals surface area (Å²) in [6.07, 6.45) is 3.01. The molecule has 0 spiro atoms. The highest BCUT2D eigenvalue weighted by Gasteiger charge is 2.29. The first-order chi connectivity index (χ1) is 13.5. The standard InChI is InChI=1S/C20H25N3O5/c1-13(24)15-9-17-18(28-12-27-17)10-16(15)21-19(25)11-22-4-6-23(7-5-22)20(26)8-14-2-3-14/h9-10,14H,2-8,11-12H2,1H3,(H,21,25). The number of ketones is 1. The van der Waals surface area contributed by atoms with Gasteiger partial charge in [0.1, 0.15) is 0 Å². The van der Waals surface area contributed by atoms with E-state index in [0.29, 0.717) is 61.3 Å². The number of nitrogens with one attached hydrogen (secondary N) is 1. The average Bonchev–Trinajstić information content (AvgIpc) is 3.35. The van der Waals surface area contributed by atoms with E-state index in [1.807, 2.05) is 9.80 Å². The first-order valence-corrected chi connectivity index (χ1v) is 9.74. The number of carbonyl (C=O) groups is 3. The maximum Gasteiger partial charge on any atom is 0.238 e. The number of fused-ring (bicyclic) bond motifs is 1. The number of hydrogen-bond acceptors (Lipinski definition) is 6. The molecule has 1 saturated carbocycles. The Morgan fingerprint density at radius 1 is 1.07 bits per heavy atom. The van der Waals surface area contributed by atoms with Gasteiger partial charge in [0.05, 0.1) is 12.2 Å². The molecule has 0 aromatic heterocycles. The third-order valence-electron chi connectivity index (χ3n) is 5.42. The Morgan fingerprint density at radius 2 is 1.75 bits per heavy atom. The highest BCUT2D eigenvalue weighted by atomic mass is 16.7. The van der Waals surface area contributed by atoms with Crippen LogP contribution in [0, 0.1) is 5.92 Å². The van der Waals surface area contributed by atoms with Gasteiger partial charge in [-0.3, -0.25) is 19.3 Å². The van der Waals surface area contributed by atoms with Crippen molar-refractivity contribution in [3.05, 3.63) is 17.7 Å². The molecule has 2 amide bonds. The van der Waals surface area contributed by atoms with Gasteiger partial charge in [0.25, 0.3) is 0 Å². The van der Waals surface area contributed by atoms with E-state index in [-0.39, 0.29) is 30.9 Å². The number of Topliss-reactive ketones (excluding diaryl/α,β-unsaturated/α-hetero) is 1. The summed E-state index contributed by atoms with van der Waals surface area (Å²) in [6, 6.07) is 3.23. The van der Waals surface area contributed by atoms with Crippen LogP contribution in [-0.2, 0) is 9.59 Å². The van der Waals surface area contributed by atoms with E-state index in [2.05, 4.69) is 5.32 Å². The molecule has 0 unspecified atom stereocenters. The van der Waals surface area contributed by atoms with E-state index in [4.69, 9.17) is 9.47 Å². The van der Waals surface area contributed by atoms with Crippen molar-refractivity contribution in [2.24, 2.45) is 5.92 Å². The molecular weight excluding hydrogens is 362 g/mol. The van der Waals surface area contributed by atoms with Gasteiger partial charge in [0, 0.05) is 44.2 Å². The number of benzene rings is 1. The van der Waals surface area contributed by atoms with Gasteiger partial charge < -0.3 is 19.7 Å². The summed E-state index contributed by atoms with van der Waals surface area (Å²) in [5.74, 6) is 1.50. The molecule has 1 saturated heterocycles. The smallest absolute Gasteiger partial charge is 0.238 e. The number of ether oxygens (including phenoxy) is 2. The summed E-state index contributed by atoms with van der Waals surface area (Å²) >= 11 is 0. The zero-order chi connectivity index (χ0) is 19.7. The topological polar surface area (TPSA) is 88.2 Å². The van der Waals surface area contributed by atoms with Crippen molar-refractivity contribution in [1.82, 2.24) is 9.80 Å². The monoisotopic (exact) mass is 387 g/mol. The molecule has 1 aromatic carbocycles. The SMILES string of the molecule is CC(=O)c1cc2c(cc1NC(=O)CN1CCN(C(=O)CC3CC3)CC1)OCO2. The molecule has 1 aliphatic carbocycles. The van der Waals surface area contributed by atoms with Gasteiger partial charge >= 0.3 is 0 Å². The van der Waals surface area contributed by atoms with Crippen LogP contribution in [0.2, 0.25) is 0 Å². The molecule has 2 heterocycles. The molecular formula is C20H25N3O5. The van der Waals surface area contributed by atoms with Crippen LogP contribution in [0.25, 0.3) is 0 Å². The van der Waals surface area contributed by atoms with Crippen molar-refractivity contribution in [1.29, 1.82) is 0 Å². The highest BCUT2D eigenvalue weighted by molar-refractivity contribution is 6.05. The second-order valence-electron chi connectivity index (χ2n) is 7.66. The van der Waals surface area contributed by atoms with Gasteiger partial charge in [-0.2, -0.15) is 0 Å². The Hall–Kier alpha value is -2.61. The lowest BCUT2D eigenvalue weighted by Crippen LogP contribution is -2.50. The largest absolute Gasteiger partial charge is 0.454 e. The van der Waals surface area contributed by atoms with Crippen LogP contribution in [0.15, 0.2) is 12.1 Å². The van der Waals surface area contributed by atoms with Crippen molar-refractivity contribution in [2.75, 3.05) is 44.8 Å². The second-order valence-corrected chi connectivity index (χ2v) is 7.66. The van der Waals surface area contributed by atoms with Crippen molar-refractivity contribution >= 4 is 23.3 Å². The number of hydrogen-bond donors (Lipinski definition) is 1. The van der Waals surface area contributed by atoms with Gasteiger partial charge in [-0.1, -0.05) is 0 Å². The van der Waals surface area contributed by atoms with E-state index >= 15 is 0 Å². The fourth-order valence-electron chi connectivity index (χ4n) is 3.58. The zero-order valence-electron chi connectivity index (χ0n) is 16.0. The Labute approximate surface area is 163 Å². The van der Waals surface area contributed by atoms with Crippen molar-refractivity contribution < 1.29 is 23.9 Å². The summed E-state index contributed by atoms with van der Waals surface area (Å²) in [5.41, 5.74) is 0.827. The lowest BCUT2D eigenvalue weighted by Gasteiger charge is -2.34. The van der Waals surface area contributed by atoms with Gasteiger partial charge in [0.2, 0.25) is 18.6 Å². The van der Waals surface area contributed by atoms with E-state index < -0.39 is 0 Å². The minimum absolute atomic E-state index is 0.105. The minimum atomic E-state index is -0.195. The molecule has 150 valence electrons. The molecule has 2 aliphatic heterocycles. The fourth-order valence-corrected chi connectivity index (χ4v) is 3.58. The Balaban J connectivity index is 1.31. The van der Waals surface area contributed by atoms with Gasteiger partial charge in [0.15, 0.2) is 17.3 Å². The predicted octanol–water partition coefficient (Wildman–Crippen LogP) is 1.50. The predicted molar refractivity (Wildman–Crippen MR) is 102 cm³/mol. The normalized spacial score (nSPS) is 18.8. The minimum Gasteiger partial charge on any atom is -0.454 e. The van der Waals surface area contributed by atoms with Crippen molar-refractivity contribution in [3.63, 3.8) is 0 Å². The van der Waals surface area contributed by atoms with Crippen LogP contribution in [-0.4, -0.2) is 66.9 Å². The van der Waals surface area contributed by atoms with Crippen LogP contribution in [0.1, 0.15) is 36.5 Å². The Kier molecular flexibility index (Phi) is 5.21. The summed E-state index contributed by atoms with van der Waals surface area (Å²) in [7, 11) is 0. The maximum absolute atomic E-state index is 12.5. The lowest BCUT2D eigenvalue weighted by molar-refractivity contribution is -0.133. The number of carbonyl (C=O) groups excluding carboxylic acids is 3. The van der Waals surface area contributed by atoms with Crippen LogP contribution < -0.4 is 14.8 Å². The number of piperazine rings is 1. The van der Waals surface area contributed by atoms with Crippen molar-refractivity contribution in [3.8, 4) is 11.5 Å². The van der Waals surface area contributed by atoms with E-state index in [0.717, 1.165) is 0 Å². The highest BCUT2D eigenvalue weighted by Crippen LogP contribution is 2.37. The number of rotatable bonds is 6. The molecule has 28 heavy (non-hydrogen) atoms. The average molecular weight is 387 g/mol. The summed E-state index contributed by atoms with van der Waals surface area (Å²) < 4.78 is 10.6. The number of amides is 2. The Bertz CT molecular complexity index is 797. The van der Waals surface area contributed by atoms with E-state index in [1.54, 1.807) is 12.1 Å². The molecule has 3 aliphatic rings. The zero-order valence-corrected chi connectivity index (χ0v) is 16.0. The Morgan fingerprint density at radius 3 is 2.39 bits per heavy atom. The molecule has 0 atom stereocenters. The van der Waals surface area contributed by atoms with Crippen molar-refractivity contribution in [2.45, 2.75) is 26.2 Å². The maximum atomic E-state index is 12.5. The van der Waals surface area contributed by atoms with Crippen LogP contribution in [0.5, 0.6) is 11.5 Å². The van der Waals surface area contributed by atoms with Crippen LogP contribution >= 0.6 is 0 Å². The second kappa shape index (κ2) is 7.79. The number of nitrogens with zero attached hydrogens (tertiary/aromatic N) is 2. The third-order valence-corrected chi connectivity index (χ3v) is 5.42. The molecule has 0 radical (unpaired) electrons. The molecule has 4 rings (SSSR count). The van der Waals surface area contributed by atoms with Crippen LogP contribution in [0.3, 0.4) is 0 Å². The molecule has 1 N–H and O–H groups in total. The first kappa shape index (κ1) is 18.7. The fraction of sp³-hybridized carbons (Fsp3) is 0.550. The molecule has 8 heteroatoms. The molecule has 0 bridgehead atoms. The third kappa shape index (κ3) is 4.27. The summed E-state index contributed by atoms with van der Waals surface area (Å²) in [5, 5.41) is 2.82. The van der Waals surface area contributed by atoms with Gasteiger partial charge in [-0.15, -0.1) is 0 Å². The lowest BCUT2D eigenvalue weighted by atomic mass is 10.1. The van der Waals surface area contributed by atoms with E-state index in [1.165, 1.54) is 19.8 Å². The summed E-state index contributed by atoms with van der Waals surface area (Å²) in [6.45, 7) is 4.42. The molecule has 1 aromatic rings. The van der Waals surface area contributed by atoms with Crippen LogP contribution in [0.4, 0.5) is 5.69 Å². The van der Waals surface area contributed by atoms with E-state index in [9.17, 15) is 14.4 Å². The first-order valence-electron chi connectivity index (χ1n) is 9.74. The molecule has 2 fully saturated rings. The molecule has 8 nitrogen and oxygen atoms in total.